The lowest BCUT2D eigenvalue weighted by atomic mass is 10.2. The molecule has 0 saturated heterocycles. The number of hydrogen-bond donors (Lipinski definition) is 3. The van der Waals surface area contributed by atoms with Gasteiger partial charge >= 0.3 is 0 Å². The van der Waals surface area contributed by atoms with Gasteiger partial charge in [-0.2, -0.15) is 0 Å². The third-order valence-corrected chi connectivity index (χ3v) is 3.05. The van der Waals surface area contributed by atoms with Crippen LogP contribution in [0.4, 0.5) is 11.5 Å². The van der Waals surface area contributed by atoms with Gasteiger partial charge < -0.3 is 10.7 Å². The molecule has 2 aromatic heterocycles. The number of nitrogens with one attached hydrogen (secondary N) is 2. The molecule has 0 bridgehead atoms. The molecule has 3 rings (SSSR count). The van der Waals surface area contributed by atoms with Crippen LogP contribution in [0.15, 0.2) is 54.9 Å². The monoisotopic (exact) mass is 279 g/mol. The first-order valence-corrected chi connectivity index (χ1v) is 6.36. The van der Waals surface area contributed by atoms with E-state index < -0.39 is 0 Å². The van der Waals surface area contributed by atoms with Crippen molar-refractivity contribution >= 4 is 28.3 Å². The van der Waals surface area contributed by atoms with Crippen molar-refractivity contribution < 1.29 is 4.79 Å². The zero-order valence-corrected chi connectivity index (χ0v) is 11.1. The van der Waals surface area contributed by atoms with E-state index >= 15 is 0 Å². The van der Waals surface area contributed by atoms with E-state index in [1.807, 2.05) is 24.3 Å². The zero-order valence-electron chi connectivity index (χ0n) is 11.1. The molecule has 0 spiro atoms. The summed E-state index contributed by atoms with van der Waals surface area (Å²) in [6, 6.07) is 12.7. The van der Waals surface area contributed by atoms with Gasteiger partial charge in [0.25, 0.3) is 5.91 Å². The first-order chi connectivity index (χ1) is 10.3. The summed E-state index contributed by atoms with van der Waals surface area (Å²) in [6.45, 7) is 0. The van der Waals surface area contributed by atoms with Gasteiger partial charge in [-0.1, -0.05) is 6.07 Å². The second-order valence-corrected chi connectivity index (χ2v) is 4.41. The number of fused-ring (bicyclic) bond motifs is 1. The molecule has 3 aromatic rings. The Bertz CT molecular complexity index is 803. The van der Waals surface area contributed by atoms with Gasteiger partial charge in [-0.15, -0.1) is 0 Å². The average molecular weight is 279 g/mol. The Balaban J connectivity index is 1.89. The number of aromatic nitrogens is 2. The van der Waals surface area contributed by atoms with E-state index in [4.69, 9.17) is 5.84 Å². The van der Waals surface area contributed by atoms with E-state index in [0.29, 0.717) is 17.1 Å². The summed E-state index contributed by atoms with van der Waals surface area (Å²) in [7, 11) is 0. The maximum absolute atomic E-state index is 12.3. The quantitative estimate of drug-likeness (QED) is 0.504. The van der Waals surface area contributed by atoms with Crippen molar-refractivity contribution in [3.8, 4) is 0 Å². The van der Waals surface area contributed by atoms with Crippen LogP contribution in [0.5, 0.6) is 0 Å². The number of amides is 1. The van der Waals surface area contributed by atoms with Crippen molar-refractivity contribution in [1.82, 2.24) is 9.97 Å². The van der Waals surface area contributed by atoms with Crippen LogP contribution in [0.2, 0.25) is 0 Å². The fourth-order valence-electron chi connectivity index (χ4n) is 2.06. The number of carbonyl (C=O) groups excluding carboxylic acids is 1. The average Bonchev–Trinajstić information content (AvgIpc) is 2.54. The molecule has 104 valence electrons. The summed E-state index contributed by atoms with van der Waals surface area (Å²) in [6.07, 6.45) is 3.29. The molecule has 0 radical (unpaired) electrons. The summed E-state index contributed by atoms with van der Waals surface area (Å²) >= 11 is 0. The normalized spacial score (nSPS) is 10.3. The Hall–Kier alpha value is -2.99. The third kappa shape index (κ3) is 2.65. The maximum Gasteiger partial charge on any atom is 0.259 e. The molecule has 21 heavy (non-hydrogen) atoms. The van der Waals surface area contributed by atoms with E-state index in [1.165, 1.54) is 0 Å². The molecular formula is C15H13N5O. The van der Waals surface area contributed by atoms with Crippen molar-refractivity contribution in [2.75, 3.05) is 10.7 Å². The minimum absolute atomic E-state index is 0.278. The predicted molar refractivity (Wildman–Crippen MR) is 81.7 cm³/mol. The first-order valence-electron chi connectivity index (χ1n) is 6.36. The summed E-state index contributed by atoms with van der Waals surface area (Å²) < 4.78 is 0. The molecule has 0 atom stereocenters. The predicted octanol–water partition coefficient (Wildman–Crippen LogP) is 2.17. The number of carbonyl (C=O) groups is 1. The zero-order chi connectivity index (χ0) is 14.7. The molecule has 1 amide bonds. The van der Waals surface area contributed by atoms with Crippen LogP contribution in [0, 0.1) is 0 Å². The number of pyridine rings is 2. The van der Waals surface area contributed by atoms with Crippen molar-refractivity contribution in [2.45, 2.75) is 0 Å². The highest BCUT2D eigenvalue weighted by Gasteiger charge is 2.11. The molecule has 6 heteroatoms. The summed E-state index contributed by atoms with van der Waals surface area (Å²) in [4.78, 5) is 20.5. The van der Waals surface area contributed by atoms with Crippen molar-refractivity contribution in [3.05, 3.63) is 60.4 Å². The maximum atomic E-state index is 12.3. The minimum Gasteiger partial charge on any atom is -0.322 e. The molecule has 6 nitrogen and oxygen atoms in total. The number of hydrazine groups is 1. The van der Waals surface area contributed by atoms with E-state index in [9.17, 15) is 4.79 Å². The Morgan fingerprint density at radius 3 is 2.71 bits per heavy atom. The van der Waals surface area contributed by atoms with Crippen LogP contribution in [0.25, 0.3) is 10.9 Å². The van der Waals surface area contributed by atoms with Crippen LogP contribution >= 0.6 is 0 Å². The number of hydrogen-bond acceptors (Lipinski definition) is 5. The number of benzene rings is 1. The van der Waals surface area contributed by atoms with Crippen molar-refractivity contribution in [2.24, 2.45) is 5.84 Å². The van der Waals surface area contributed by atoms with Crippen LogP contribution in [-0.2, 0) is 0 Å². The molecule has 4 N–H and O–H groups in total. The molecule has 1 aromatic carbocycles. The molecule has 0 unspecified atom stereocenters. The molecular weight excluding hydrogens is 266 g/mol. The smallest absolute Gasteiger partial charge is 0.259 e. The second kappa shape index (κ2) is 5.56. The highest BCUT2D eigenvalue weighted by atomic mass is 16.1. The van der Waals surface area contributed by atoms with Gasteiger partial charge in [0.05, 0.1) is 11.1 Å². The fraction of sp³-hybridized carbons (Fsp3) is 0. The second-order valence-electron chi connectivity index (χ2n) is 4.41. The van der Waals surface area contributed by atoms with E-state index in [0.717, 1.165) is 10.9 Å². The molecule has 0 aliphatic carbocycles. The van der Waals surface area contributed by atoms with Gasteiger partial charge in [-0.25, -0.2) is 10.8 Å². The molecule has 0 fully saturated rings. The van der Waals surface area contributed by atoms with E-state index in [2.05, 4.69) is 20.7 Å². The topological polar surface area (TPSA) is 92.9 Å². The van der Waals surface area contributed by atoms with Gasteiger partial charge in [0.2, 0.25) is 0 Å². The minimum atomic E-state index is -0.278. The van der Waals surface area contributed by atoms with Crippen molar-refractivity contribution in [3.63, 3.8) is 0 Å². The van der Waals surface area contributed by atoms with Gasteiger partial charge in [-0.3, -0.25) is 9.78 Å². The number of rotatable bonds is 3. The van der Waals surface area contributed by atoms with Crippen molar-refractivity contribution in [1.29, 1.82) is 0 Å². The highest BCUT2D eigenvalue weighted by Crippen LogP contribution is 2.19. The Morgan fingerprint density at radius 1 is 1.05 bits per heavy atom. The summed E-state index contributed by atoms with van der Waals surface area (Å²) in [5, 5.41) is 3.78. The van der Waals surface area contributed by atoms with Gasteiger partial charge in [0.15, 0.2) is 5.82 Å². The number of nitrogens with zero attached hydrogens (tertiary/aromatic N) is 2. The Labute approximate surface area is 121 Å². The van der Waals surface area contributed by atoms with E-state index in [-0.39, 0.29) is 5.91 Å². The molecule has 0 saturated carbocycles. The lowest BCUT2D eigenvalue weighted by molar-refractivity contribution is 0.102. The largest absolute Gasteiger partial charge is 0.322 e. The van der Waals surface area contributed by atoms with E-state index in [1.54, 1.807) is 30.6 Å². The summed E-state index contributed by atoms with van der Waals surface area (Å²) in [5.41, 5.74) is 4.35. The van der Waals surface area contributed by atoms with Gasteiger partial charge in [0.1, 0.15) is 0 Å². The van der Waals surface area contributed by atoms with Gasteiger partial charge in [0, 0.05) is 23.5 Å². The number of nitrogen functional groups attached to an aromatic ring is 1. The third-order valence-electron chi connectivity index (χ3n) is 3.05. The number of nitrogens with two attached hydrogens (primary N) is 1. The standard InChI is InChI=1S/C15H13N5O/c16-20-14-12(4-2-8-18-14)15(21)19-11-5-6-13-10(9-11)3-1-7-17-13/h1-9H,16H2,(H,18,20)(H,19,21). The first kappa shape index (κ1) is 13.0. The van der Waals surface area contributed by atoms with Crippen LogP contribution in [0.3, 0.4) is 0 Å². The Morgan fingerprint density at radius 2 is 1.86 bits per heavy atom. The lowest BCUT2D eigenvalue weighted by Gasteiger charge is -2.09. The molecule has 2 heterocycles. The van der Waals surface area contributed by atoms with Gasteiger partial charge in [-0.05, 0) is 36.4 Å². The van der Waals surface area contributed by atoms with Crippen LogP contribution < -0.4 is 16.6 Å². The van der Waals surface area contributed by atoms with Crippen LogP contribution in [-0.4, -0.2) is 15.9 Å². The highest BCUT2D eigenvalue weighted by molar-refractivity contribution is 6.08. The fourth-order valence-corrected chi connectivity index (χ4v) is 2.06. The summed E-state index contributed by atoms with van der Waals surface area (Å²) in [5.74, 6) is 5.41. The molecule has 0 aliphatic rings. The molecule has 0 aliphatic heterocycles. The lowest BCUT2D eigenvalue weighted by Crippen LogP contribution is -2.18. The Kier molecular flexibility index (Phi) is 3.44. The van der Waals surface area contributed by atoms with Crippen LogP contribution in [0.1, 0.15) is 10.4 Å². The SMILES string of the molecule is NNc1ncccc1C(=O)Nc1ccc2ncccc2c1. The number of anilines is 2.